The SMILES string of the molecule is N#Cc1cnn2cc(-c3ccccc3)cc(-c3ccccc3)c12. The highest BCUT2D eigenvalue weighted by Crippen LogP contribution is 2.31. The molecule has 0 N–H and O–H groups in total. The van der Waals surface area contributed by atoms with Crippen molar-refractivity contribution < 1.29 is 0 Å². The molecule has 0 saturated heterocycles. The standard InChI is InChI=1S/C20H13N3/c21-12-18-13-22-23-14-17(15-7-3-1-4-8-15)11-19(20(18)23)16-9-5-2-6-10-16/h1-11,13-14H. The zero-order valence-electron chi connectivity index (χ0n) is 12.3. The largest absolute Gasteiger partial charge is 0.238 e. The number of fused-ring (bicyclic) bond motifs is 1. The minimum absolute atomic E-state index is 0.587. The molecule has 2 heterocycles. The number of rotatable bonds is 2. The molecule has 3 heteroatoms. The van der Waals surface area contributed by atoms with Gasteiger partial charge in [-0.05, 0) is 17.2 Å². The first kappa shape index (κ1) is 13.3. The summed E-state index contributed by atoms with van der Waals surface area (Å²) in [6, 6.07) is 24.7. The van der Waals surface area contributed by atoms with E-state index in [0.717, 1.165) is 27.8 Å². The van der Waals surface area contributed by atoms with Crippen LogP contribution in [0.25, 0.3) is 27.8 Å². The molecule has 108 valence electrons. The average Bonchev–Trinajstić information content (AvgIpc) is 3.05. The maximum atomic E-state index is 9.38. The number of hydrogen-bond acceptors (Lipinski definition) is 2. The van der Waals surface area contributed by atoms with Gasteiger partial charge in [0.25, 0.3) is 0 Å². The molecule has 0 aliphatic heterocycles. The van der Waals surface area contributed by atoms with Crippen LogP contribution in [-0.4, -0.2) is 9.61 Å². The van der Waals surface area contributed by atoms with Crippen molar-refractivity contribution >= 4 is 5.52 Å². The third-order valence-electron chi connectivity index (χ3n) is 3.92. The molecule has 0 saturated carbocycles. The molecule has 2 aromatic heterocycles. The molecule has 23 heavy (non-hydrogen) atoms. The van der Waals surface area contributed by atoms with E-state index in [1.165, 1.54) is 0 Å². The maximum Gasteiger partial charge on any atom is 0.103 e. The first-order valence-corrected chi connectivity index (χ1v) is 7.39. The Hall–Kier alpha value is -3.38. The predicted molar refractivity (Wildman–Crippen MR) is 90.8 cm³/mol. The Balaban J connectivity index is 2.05. The van der Waals surface area contributed by atoms with E-state index in [1.54, 1.807) is 10.7 Å². The predicted octanol–water partition coefficient (Wildman–Crippen LogP) is 4.54. The lowest BCUT2D eigenvalue weighted by Gasteiger charge is -2.09. The van der Waals surface area contributed by atoms with Crippen molar-refractivity contribution in [3.63, 3.8) is 0 Å². The van der Waals surface area contributed by atoms with Crippen LogP contribution in [0.15, 0.2) is 79.1 Å². The number of aromatic nitrogens is 2. The van der Waals surface area contributed by atoms with Gasteiger partial charge in [0.05, 0.1) is 17.3 Å². The molecular formula is C20H13N3. The second-order valence-electron chi connectivity index (χ2n) is 5.34. The van der Waals surface area contributed by atoms with Crippen LogP contribution < -0.4 is 0 Å². The van der Waals surface area contributed by atoms with Crippen molar-refractivity contribution in [3.8, 4) is 28.3 Å². The summed E-state index contributed by atoms with van der Waals surface area (Å²) >= 11 is 0. The number of hydrogen-bond donors (Lipinski definition) is 0. The van der Waals surface area contributed by atoms with Crippen LogP contribution in [-0.2, 0) is 0 Å². The zero-order chi connectivity index (χ0) is 15.6. The van der Waals surface area contributed by atoms with E-state index in [2.05, 4.69) is 41.5 Å². The van der Waals surface area contributed by atoms with Gasteiger partial charge in [0, 0.05) is 17.3 Å². The molecule has 0 bridgehead atoms. The molecular weight excluding hydrogens is 282 g/mol. The van der Waals surface area contributed by atoms with Crippen molar-refractivity contribution in [1.82, 2.24) is 9.61 Å². The van der Waals surface area contributed by atoms with Crippen LogP contribution in [0.3, 0.4) is 0 Å². The molecule has 3 nitrogen and oxygen atoms in total. The summed E-state index contributed by atoms with van der Waals surface area (Å²) in [7, 11) is 0. The molecule has 4 rings (SSSR count). The second-order valence-corrected chi connectivity index (χ2v) is 5.34. The van der Waals surface area contributed by atoms with E-state index >= 15 is 0 Å². The summed E-state index contributed by atoms with van der Waals surface area (Å²) < 4.78 is 1.79. The lowest BCUT2D eigenvalue weighted by molar-refractivity contribution is 0.964. The van der Waals surface area contributed by atoms with Gasteiger partial charge < -0.3 is 0 Å². The van der Waals surface area contributed by atoms with E-state index in [9.17, 15) is 5.26 Å². The fraction of sp³-hybridized carbons (Fsp3) is 0. The van der Waals surface area contributed by atoms with E-state index in [-0.39, 0.29) is 0 Å². The smallest absolute Gasteiger partial charge is 0.103 e. The normalized spacial score (nSPS) is 10.6. The van der Waals surface area contributed by atoms with Crippen molar-refractivity contribution in [2.45, 2.75) is 0 Å². The summed E-state index contributed by atoms with van der Waals surface area (Å²) in [5, 5.41) is 13.7. The topological polar surface area (TPSA) is 41.1 Å². The van der Waals surface area contributed by atoms with Gasteiger partial charge in [-0.25, -0.2) is 4.52 Å². The highest BCUT2D eigenvalue weighted by Gasteiger charge is 2.13. The Kier molecular flexibility index (Phi) is 3.14. The molecule has 0 fully saturated rings. The lowest BCUT2D eigenvalue weighted by atomic mass is 9.99. The van der Waals surface area contributed by atoms with E-state index in [1.807, 2.05) is 42.6 Å². The fourth-order valence-corrected chi connectivity index (χ4v) is 2.83. The van der Waals surface area contributed by atoms with Crippen molar-refractivity contribution in [2.24, 2.45) is 0 Å². The number of pyridine rings is 1. The molecule has 4 aromatic rings. The Labute approximate surface area is 134 Å². The van der Waals surface area contributed by atoms with Crippen molar-refractivity contribution in [3.05, 3.63) is 84.7 Å². The first-order chi connectivity index (χ1) is 11.4. The Morgan fingerprint density at radius 3 is 2.13 bits per heavy atom. The summed E-state index contributed by atoms with van der Waals surface area (Å²) in [4.78, 5) is 0. The van der Waals surface area contributed by atoms with Crippen LogP contribution in [0, 0.1) is 11.3 Å². The molecule has 0 radical (unpaired) electrons. The average molecular weight is 295 g/mol. The van der Waals surface area contributed by atoms with Crippen LogP contribution in [0.5, 0.6) is 0 Å². The van der Waals surface area contributed by atoms with Gasteiger partial charge >= 0.3 is 0 Å². The van der Waals surface area contributed by atoms with Gasteiger partial charge in [0.1, 0.15) is 6.07 Å². The van der Waals surface area contributed by atoms with Gasteiger partial charge in [0.2, 0.25) is 0 Å². The lowest BCUT2D eigenvalue weighted by Crippen LogP contribution is -1.93. The number of nitrogens with zero attached hydrogens (tertiary/aromatic N) is 3. The third kappa shape index (κ3) is 2.27. The second kappa shape index (κ2) is 5.43. The minimum atomic E-state index is 0.587. The minimum Gasteiger partial charge on any atom is -0.238 e. The molecule has 0 aliphatic carbocycles. The number of benzene rings is 2. The van der Waals surface area contributed by atoms with Crippen LogP contribution in [0.1, 0.15) is 5.56 Å². The number of nitriles is 1. The molecule has 2 aromatic carbocycles. The van der Waals surface area contributed by atoms with E-state index in [4.69, 9.17) is 0 Å². The summed E-state index contributed by atoms with van der Waals surface area (Å²) in [5.41, 5.74) is 5.72. The van der Waals surface area contributed by atoms with E-state index < -0.39 is 0 Å². The Bertz CT molecular complexity index is 1010. The van der Waals surface area contributed by atoms with Crippen LogP contribution in [0.2, 0.25) is 0 Å². The highest BCUT2D eigenvalue weighted by atomic mass is 15.2. The fourth-order valence-electron chi connectivity index (χ4n) is 2.83. The summed E-state index contributed by atoms with van der Waals surface area (Å²) in [5.74, 6) is 0. The Morgan fingerprint density at radius 1 is 0.826 bits per heavy atom. The first-order valence-electron chi connectivity index (χ1n) is 7.39. The van der Waals surface area contributed by atoms with Crippen LogP contribution in [0.4, 0.5) is 0 Å². The quantitative estimate of drug-likeness (QED) is 0.544. The van der Waals surface area contributed by atoms with Gasteiger partial charge in [-0.2, -0.15) is 10.4 Å². The molecule has 0 atom stereocenters. The molecule has 0 unspecified atom stereocenters. The summed E-state index contributed by atoms with van der Waals surface area (Å²) in [6.07, 6.45) is 3.59. The van der Waals surface area contributed by atoms with E-state index in [0.29, 0.717) is 5.56 Å². The zero-order valence-corrected chi connectivity index (χ0v) is 12.3. The van der Waals surface area contributed by atoms with Crippen LogP contribution >= 0.6 is 0 Å². The van der Waals surface area contributed by atoms with Crippen molar-refractivity contribution in [1.29, 1.82) is 5.26 Å². The summed E-state index contributed by atoms with van der Waals surface area (Å²) in [6.45, 7) is 0. The Morgan fingerprint density at radius 2 is 1.48 bits per heavy atom. The third-order valence-corrected chi connectivity index (χ3v) is 3.92. The van der Waals surface area contributed by atoms with Crippen molar-refractivity contribution in [2.75, 3.05) is 0 Å². The molecule has 0 amide bonds. The van der Waals surface area contributed by atoms with Gasteiger partial charge in [-0.3, -0.25) is 0 Å². The highest BCUT2D eigenvalue weighted by molar-refractivity contribution is 5.87. The molecule has 0 aliphatic rings. The molecule has 0 spiro atoms. The van der Waals surface area contributed by atoms with Gasteiger partial charge in [-0.1, -0.05) is 60.7 Å². The van der Waals surface area contributed by atoms with Gasteiger partial charge in [0.15, 0.2) is 0 Å². The maximum absolute atomic E-state index is 9.38. The van der Waals surface area contributed by atoms with Gasteiger partial charge in [-0.15, -0.1) is 0 Å². The monoisotopic (exact) mass is 295 g/mol.